The molecule has 1 aromatic rings. The minimum atomic E-state index is -0.282. The SMILES string of the molecule is Cc1ccc(C(N)=S)c(N2CCCCC2C(N)=O)c1. The van der Waals surface area contributed by atoms with Gasteiger partial charge in [-0.25, -0.2) is 0 Å². The van der Waals surface area contributed by atoms with Crippen molar-refractivity contribution < 1.29 is 4.79 Å². The third kappa shape index (κ3) is 2.87. The Hall–Kier alpha value is -1.62. The van der Waals surface area contributed by atoms with E-state index in [0.717, 1.165) is 42.6 Å². The number of piperidine rings is 1. The number of amides is 1. The number of rotatable bonds is 3. The maximum absolute atomic E-state index is 11.6. The molecule has 0 aliphatic carbocycles. The van der Waals surface area contributed by atoms with Gasteiger partial charge in [0.25, 0.3) is 0 Å². The van der Waals surface area contributed by atoms with Crippen LogP contribution in [0, 0.1) is 6.92 Å². The van der Waals surface area contributed by atoms with Crippen molar-refractivity contribution in [3.8, 4) is 0 Å². The van der Waals surface area contributed by atoms with E-state index in [2.05, 4.69) is 0 Å². The molecule has 1 aromatic carbocycles. The topological polar surface area (TPSA) is 72.3 Å². The fourth-order valence-corrected chi connectivity index (χ4v) is 2.78. The quantitative estimate of drug-likeness (QED) is 0.821. The van der Waals surface area contributed by atoms with Crippen LogP contribution in [0.3, 0.4) is 0 Å². The van der Waals surface area contributed by atoms with E-state index >= 15 is 0 Å². The third-order valence-electron chi connectivity index (χ3n) is 3.56. The van der Waals surface area contributed by atoms with Gasteiger partial charge in [-0.3, -0.25) is 4.79 Å². The summed E-state index contributed by atoms with van der Waals surface area (Å²) >= 11 is 5.10. The second-order valence-corrected chi connectivity index (χ2v) is 5.43. The second kappa shape index (κ2) is 5.57. The van der Waals surface area contributed by atoms with Crippen molar-refractivity contribution in [3.63, 3.8) is 0 Å². The number of carbonyl (C=O) groups excluding carboxylic acids is 1. The van der Waals surface area contributed by atoms with E-state index in [1.165, 1.54) is 0 Å². The zero-order chi connectivity index (χ0) is 14.0. The lowest BCUT2D eigenvalue weighted by Crippen LogP contribution is -2.48. The highest BCUT2D eigenvalue weighted by atomic mass is 32.1. The number of anilines is 1. The van der Waals surface area contributed by atoms with Gasteiger partial charge in [-0.15, -0.1) is 0 Å². The number of nitrogens with zero attached hydrogens (tertiary/aromatic N) is 1. The van der Waals surface area contributed by atoms with Crippen LogP contribution in [0.15, 0.2) is 18.2 Å². The zero-order valence-corrected chi connectivity index (χ0v) is 11.9. The molecule has 1 heterocycles. The Kier molecular flexibility index (Phi) is 4.04. The van der Waals surface area contributed by atoms with Crippen molar-refractivity contribution in [2.24, 2.45) is 11.5 Å². The van der Waals surface area contributed by atoms with Crippen molar-refractivity contribution in [3.05, 3.63) is 29.3 Å². The van der Waals surface area contributed by atoms with Gasteiger partial charge in [0.05, 0.1) is 0 Å². The molecule has 0 aromatic heterocycles. The molecule has 2 rings (SSSR count). The lowest BCUT2D eigenvalue weighted by atomic mass is 9.98. The highest BCUT2D eigenvalue weighted by Gasteiger charge is 2.28. The van der Waals surface area contributed by atoms with Gasteiger partial charge < -0.3 is 16.4 Å². The predicted octanol–water partition coefficient (Wildman–Crippen LogP) is 1.47. The summed E-state index contributed by atoms with van der Waals surface area (Å²) in [6, 6.07) is 5.65. The Labute approximate surface area is 118 Å². The molecule has 1 atom stereocenters. The van der Waals surface area contributed by atoms with Crippen LogP contribution < -0.4 is 16.4 Å². The fraction of sp³-hybridized carbons (Fsp3) is 0.429. The van der Waals surface area contributed by atoms with Crippen LogP contribution in [0.2, 0.25) is 0 Å². The molecule has 1 saturated heterocycles. The van der Waals surface area contributed by atoms with E-state index in [1.54, 1.807) is 0 Å². The molecule has 1 aliphatic heterocycles. The molecule has 4 nitrogen and oxygen atoms in total. The number of carbonyl (C=O) groups is 1. The molecule has 0 radical (unpaired) electrons. The normalized spacial score (nSPS) is 19.2. The molecule has 19 heavy (non-hydrogen) atoms. The van der Waals surface area contributed by atoms with Gasteiger partial charge in [0.15, 0.2) is 0 Å². The maximum Gasteiger partial charge on any atom is 0.240 e. The number of hydrogen-bond donors (Lipinski definition) is 2. The lowest BCUT2D eigenvalue weighted by Gasteiger charge is -2.36. The van der Waals surface area contributed by atoms with Crippen molar-refractivity contribution in [2.45, 2.75) is 32.2 Å². The number of hydrogen-bond acceptors (Lipinski definition) is 3. The molecule has 0 bridgehead atoms. The first-order valence-electron chi connectivity index (χ1n) is 6.47. The molecule has 0 spiro atoms. The monoisotopic (exact) mass is 277 g/mol. The minimum absolute atomic E-state index is 0.261. The Morgan fingerprint density at radius 2 is 2.11 bits per heavy atom. The second-order valence-electron chi connectivity index (χ2n) is 4.99. The molecule has 1 fully saturated rings. The molecular weight excluding hydrogens is 258 g/mol. The third-order valence-corrected chi connectivity index (χ3v) is 3.78. The molecular formula is C14H19N3OS. The summed E-state index contributed by atoms with van der Waals surface area (Å²) in [6.45, 7) is 2.82. The molecule has 1 amide bonds. The van der Waals surface area contributed by atoms with E-state index in [1.807, 2.05) is 30.0 Å². The fourth-order valence-electron chi connectivity index (χ4n) is 2.60. The number of thiocarbonyl (C=S) groups is 1. The molecule has 0 saturated carbocycles. The van der Waals surface area contributed by atoms with E-state index in [0.29, 0.717) is 4.99 Å². The van der Waals surface area contributed by atoms with E-state index in [9.17, 15) is 4.79 Å². The summed E-state index contributed by atoms with van der Waals surface area (Å²) in [4.78, 5) is 14.0. The summed E-state index contributed by atoms with van der Waals surface area (Å²) in [5.41, 5.74) is 14.2. The van der Waals surface area contributed by atoms with Gasteiger partial charge in [-0.2, -0.15) is 0 Å². The molecule has 1 unspecified atom stereocenters. The van der Waals surface area contributed by atoms with Crippen molar-refractivity contribution in [1.82, 2.24) is 0 Å². The van der Waals surface area contributed by atoms with Crippen LogP contribution in [0.1, 0.15) is 30.4 Å². The summed E-state index contributed by atoms with van der Waals surface area (Å²) in [7, 11) is 0. The van der Waals surface area contributed by atoms with Gasteiger partial charge in [0.1, 0.15) is 11.0 Å². The van der Waals surface area contributed by atoms with Crippen LogP contribution in [0.4, 0.5) is 5.69 Å². The smallest absolute Gasteiger partial charge is 0.240 e. The van der Waals surface area contributed by atoms with Gasteiger partial charge in [0, 0.05) is 17.8 Å². The number of primary amides is 1. The van der Waals surface area contributed by atoms with Gasteiger partial charge in [-0.1, -0.05) is 18.3 Å². The minimum Gasteiger partial charge on any atom is -0.389 e. The molecule has 1 aliphatic rings. The summed E-state index contributed by atoms with van der Waals surface area (Å²) in [5.74, 6) is -0.282. The van der Waals surface area contributed by atoms with Crippen LogP contribution in [-0.2, 0) is 4.79 Å². The first-order valence-corrected chi connectivity index (χ1v) is 6.88. The van der Waals surface area contributed by atoms with Crippen LogP contribution in [0.5, 0.6) is 0 Å². The van der Waals surface area contributed by atoms with Gasteiger partial charge >= 0.3 is 0 Å². The Balaban J connectivity index is 2.46. The maximum atomic E-state index is 11.6. The first-order chi connectivity index (χ1) is 9.00. The standard InChI is InChI=1S/C14H19N3OS/c1-9-5-6-10(14(16)19)12(8-9)17-7-3-2-4-11(17)13(15)18/h5-6,8,11H,2-4,7H2,1H3,(H2,15,18)(H2,16,19). The van der Waals surface area contributed by atoms with E-state index in [-0.39, 0.29) is 11.9 Å². The van der Waals surface area contributed by atoms with Crippen LogP contribution in [-0.4, -0.2) is 23.5 Å². The lowest BCUT2D eigenvalue weighted by molar-refractivity contribution is -0.119. The first kappa shape index (κ1) is 13.8. The van der Waals surface area contributed by atoms with E-state index in [4.69, 9.17) is 23.7 Å². The predicted molar refractivity (Wildman–Crippen MR) is 81.2 cm³/mol. The van der Waals surface area contributed by atoms with Crippen molar-refractivity contribution in [1.29, 1.82) is 0 Å². The highest BCUT2D eigenvalue weighted by molar-refractivity contribution is 7.80. The average molecular weight is 277 g/mol. The van der Waals surface area contributed by atoms with Crippen molar-refractivity contribution in [2.75, 3.05) is 11.4 Å². The molecule has 4 N–H and O–H groups in total. The van der Waals surface area contributed by atoms with Gasteiger partial charge in [-0.05, 0) is 43.9 Å². The van der Waals surface area contributed by atoms with Crippen molar-refractivity contribution >= 4 is 28.8 Å². The summed E-state index contributed by atoms with van der Waals surface area (Å²) in [6.07, 6.45) is 2.87. The Bertz CT molecular complexity index is 515. The zero-order valence-electron chi connectivity index (χ0n) is 11.1. The van der Waals surface area contributed by atoms with Gasteiger partial charge in [0.2, 0.25) is 5.91 Å². The van der Waals surface area contributed by atoms with Crippen LogP contribution >= 0.6 is 12.2 Å². The summed E-state index contributed by atoms with van der Waals surface area (Å²) < 4.78 is 0. The number of nitrogens with two attached hydrogens (primary N) is 2. The summed E-state index contributed by atoms with van der Waals surface area (Å²) in [5, 5.41) is 0. The largest absolute Gasteiger partial charge is 0.389 e. The number of benzene rings is 1. The molecule has 102 valence electrons. The molecule has 5 heteroatoms. The average Bonchev–Trinajstić information content (AvgIpc) is 2.38. The Morgan fingerprint density at radius 3 is 2.74 bits per heavy atom. The highest BCUT2D eigenvalue weighted by Crippen LogP contribution is 2.29. The Morgan fingerprint density at radius 1 is 1.37 bits per heavy atom. The van der Waals surface area contributed by atoms with Crippen LogP contribution in [0.25, 0.3) is 0 Å². The van der Waals surface area contributed by atoms with E-state index < -0.39 is 0 Å². The number of aryl methyl sites for hydroxylation is 1.